The van der Waals surface area contributed by atoms with Crippen LogP contribution in [0.4, 0.5) is 0 Å². The van der Waals surface area contributed by atoms with E-state index in [-0.39, 0.29) is 23.8 Å². The van der Waals surface area contributed by atoms with Crippen molar-refractivity contribution in [3.63, 3.8) is 0 Å². The minimum atomic E-state index is -1.01. The van der Waals surface area contributed by atoms with Crippen molar-refractivity contribution in [2.75, 3.05) is 24.2 Å². The van der Waals surface area contributed by atoms with Crippen molar-refractivity contribution in [3.8, 4) is 5.75 Å². The zero-order valence-electron chi connectivity index (χ0n) is 15.4. The molecule has 2 aliphatic heterocycles. The van der Waals surface area contributed by atoms with Gasteiger partial charge in [-0.25, -0.2) is 14.7 Å². The van der Waals surface area contributed by atoms with Gasteiger partial charge in [-0.05, 0) is 28.9 Å². The van der Waals surface area contributed by atoms with Gasteiger partial charge in [0.15, 0.2) is 0 Å². The lowest BCUT2D eigenvalue weighted by molar-refractivity contribution is 0.0833. The van der Waals surface area contributed by atoms with Crippen LogP contribution >= 0.6 is 0 Å². The molecular formula is C18H21N5O3S. The maximum absolute atomic E-state index is 12.8. The molecule has 1 N–H and O–H groups in total. The summed E-state index contributed by atoms with van der Waals surface area (Å²) in [5.41, 5.74) is 4.73. The van der Waals surface area contributed by atoms with Crippen LogP contribution in [0.3, 0.4) is 0 Å². The second kappa shape index (κ2) is 6.90. The monoisotopic (exact) mass is 387 g/mol. The normalized spacial score (nSPS) is 19.4. The van der Waals surface area contributed by atoms with E-state index in [2.05, 4.69) is 15.4 Å². The zero-order valence-corrected chi connectivity index (χ0v) is 16.2. The Morgan fingerprint density at radius 2 is 2.11 bits per heavy atom. The molecule has 3 heterocycles. The molecule has 27 heavy (non-hydrogen) atoms. The quantitative estimate of drug-likeness (QED) is 0.790. The Kier molecular flexibility index (Phi) is 4.56. The number of aliphatic imine (C=N–C) groups is 1. The van der Waals surface area contributed by atoms with E-state index < -0.39 is 11.2 Å². The van der Waals surface area contributed by atoms with Gasteiger partial charge >= 0.3 is 0 Å². The molecule has 2 aromatic rings. The fourth-order valence-electron chi connectivity index (χ4n) is 3.18. The summed E-state index contributed by atoms with van der Waals surface area (Å²) in [5, 5.41) is 0. The van der Waals surface area contributed by atoms with Crippen LogP contribution in [0.15, 0.2) is 35.5 Å². The van der Waals surface area contributed by atoms with Gasteiger partial charge in [-0.1, -0.05) is 26.0 Å². The van der Waals surface area contributed by atoms with Gasteiger partial charge in [-0.15, -0.1) is 0 Å². The van der Waals surface area contributed by atoms with Gasteiger partial charge in [-0.3, -0.25) is 15.1 Å². The Morgan fingerprint density at radius 1 is 1.37 bits per heavy atom. The third-order valence-corrected chi connectivity index (χ3v) is 4.98. The average molecular weight is 387 g/mol. The molecule has 2 atom stereocenters. The van der Waals surface area contributed by atoms with Gasteiger partial charge in [0, 0.05) is 5.92 Å². The number of nitrogens with one attached hydrogen (secondary N) is 1. The van der Waals surface area contributed by atoms with E-state index in [4.69, 9.17) is 4.74 Å². The lowest BCUT2D eigenvalue weighted by atomic mass is 10.1. The standard InChI is InChI=1S/C18H21N5O3S/c1-11(2)16-19-8-15-17(24)22-9-14(20-18(22)21-23(15)16)12-4-6-13(7-5-12)26-10-27(3)25/h4-8,11,14H,9-10H2,1-3H3,(H,20,21). The molecule has 8 nitrogen and oxygen atoms in total. The molecule has 4 rings (SSSR count). The van der Waals surface area contributed by atoms with Crippen LogP contribution < -0.4 is 10.2 Å². The Morgan fingerprint density at radius 3 is 2.78 bits per heavy atom. The Labute approximate surface area is 160 Å². The average Bonchev–Trinajstić information content (AvgIpc) is 3.25. The molecule has 0 saturated heterocycles. The van der Waals surface area contributed by atoms with Crippen molar-refractivity contribution < 1.29 is 14.1 Å². The summed E-state index contributed by atoms with van der Waals surface area (Å²) >= 11 is -1.01. The van der Waals surface area contributed by atoms with E-state index in [1.165, 1.54) is 0 Å². The van der Waals surface area contributed by atoms with E-state index in [0.29, 0.717) is 23.9 Å². The van der Waals surface area contributed by atoms with Gasteiger partial charge in [0.05, 0.1) is 25.0 Å². The molecular weight excluding hydrogens is 366 g/mol. The number of benzene rings is 1. The molecule has 142 valence electrons. The van der Waals surface area contributed by atoms with Crippen molar-refractivity contribution >= 4 is 23.0 Å². The molecule has 0 spiro atoms. The minimum absolute atomic E-state index is 0.0974. The van der Waals surface area contributed by atoms with Gasteiger partial charge in [0.2, 0.25) is 11.9 Å². The highest BCUT2D eigenvalue weighted by molar-refractivity contribution is 7.90. The summed E-state index contributed by atoms with van der Waals surface area (Å²) in [6.45, 7) is 4.54. The van der Waals surface area contributed by atoms with Crippen LogP contribution in [0.2, 0.25) is 0 Å². The maximum atomic E-state index is 12.8. The number of amides is 1. The molecule has 1 amide bonds. The van der Waals surface area contributed by atoms with Gasteiger partial charge < -0.3 is 9.29 Å². The first-order valence-electron chi connectivity index (χ1n) is 8.71. The second-order valence-electron chi connectivity index (χ2n) is 6.89. The number of hydrogen-bond donors (Lipinski definition) is 1. The van der Waals surface area contributed by atoms with Crippen LogP contribution in [0, 0.1) is 0 Å². The molecule has 0 aliphatic carbocycles. The number of rotatable bonds is 5. The summed E-state index contributed by atoms with van der Waals surface area (Å²) in [7, 11) is 0. The molecule has 0 saturated carbocycles. The van der Waals surface area contributed by atoms with E-state index in [0.717, 1.165) is 11.4 Å². The van der Waals surface area contributed by atoms with Crippen LogP contribution in [0.5, 0.6) is 5.75 Å². The molecule has 2 aliphatic rings. The fourth-order valence-corrected chi connectivity index (χ4v) is 3.49. The highest BCUT2D eigenvalue weighted by Gasteiger charge is 2.38. The lowest BCUT2D eigenvalue weighted by Gasteiger charge is -2.27. The van der Waals surface area contributed by atoms with Crippen molar-refractivity contribution in [2.45, 2.75) is 25.8 Å². The first kappa shape index (κ1) is 17.9. The number of hydrogen-bond acceptors (Lipinski definition) is 6. The highest BCUT2D eigenvalue weighted by atomic mass is 32.2. The van der Waals surface area contributed by atoms with Crippen molar-refractivity contribution in [2.24, 2.45) is 4.99 Å². The largest absolute Gasteiger partial charge is 0.614 e. The molecule has 0 fully saturated rings. The van der Waals surface area contributed by atoms with E-state index in [1.54, 1.807) is 22.0 Å². The molecule has 2 unspecified atom stereocenters. The van der Waals surface area contributed by atoms with Gasteiger partial charge in [0.25, 0.3) is 5.91 Å². The SMILES string of the molecule is CC(C)c1ncc2n1NC1=NC(c3ccc(OC[S+](C)[O-])cc3)CN1C2=O. The van der Waals surface area contributed by atoms with Crippen molar-refractivity contribution in [1.82, 2.24) is 14.6 Å². The van der Waals surface area contributed by atoms with E-state index in [1.807, 2.05) is 38.1 Å². The highest BCUT2D eigenvalue weighted by Crippen LogP contribution is 2.30. The Hall–Kier alpha value is -2.52. The number of guanidine groups is 1. The predicted octanol–water partition coefficient (Wildman–Crippen LogP) is 1.83. The van der Waals surface area contributed by atoms with Crippen LogP contribution in [0.1, 0.15) is 47.7 Å². The molecule has 0 radical (unpaired) electrons. The van der Waals surface area contributed by atoms with Gasteiger partial charge in [0.1, 0.15) is 17.3 Å². The lowest BCUT2D eigenvalue weighted by Crippen LogP contribution is -2.48. The van der Waals surface area contributed by atoms with Crippen molar-refractivity contribution in [1.29, 1.82) is 0 Å². The summed E-state index contributed by atoms with van der Waals surface area (Å²) in [6, 6.07) is 7.36. The number of nitrogens with zero attached hydrogens (tertiary/aromatic N) is 4. The summed E-state index contributed by atoms with van der Waals surface area (Å²) in [4.78, 5) is 23.5. The smallest absolute Gasteiger partial charge is 0.280 e. The fraction of sp³-hybridized carbons (Fsp3) is 0.389. The molecule has 1 aromatic carbocycles. The van der Waals surface area contributed by atoms with Crippen LogP contribution in [-0.4, -0.2) is 49.7 Å². The summed E-state index contributed by atoms with van der Waals surface area (Å²) in [6.07, 6.45) is 3.21. The number of aromatic nitrogens is 2. The number of fused-ring (bicyclic) bond motifs is 2. The van der Waals surface area contributed by atoms with Crippen LogP contribution in [-0.2, 0) is 11.2 Å². The zero-order chi connectivity index (χ0) is 19.1. The maximum Gasteiger partial charge on any atom is 0.280 e. The number of ether oxygens (including phenoxy) is 1. The Bertz CT molecular complexity index is 891. The minimum Gasteiger partial charge on any atom is -0.614 e. The second-order valence-corrected chi connectivity index (χ2v) is 8.27. The molecule has 0 bridgehead atoms. The summed E-state index contributed by atoms with van der Waals surface area (Å²) < 4.78 is 18.3. The third-order valence-electron chi connectivity index (χ3n) is 4.53. The third kappa shape index (κ3) is 3.28. The molecule has 1 aromatic heterocycles. The molecule has 9 heteroatoms. The van der Waals surface area contributed by atoms with Crippen LogP contribution in [0.25, 0.3) is 0 Å². The number of carbonyl (C=O) groups excluding carboxylic acids is 1. The first-order valence-corrected chi connectivity index (χ1v) is 10.4. The summed E-state index contributed by atoms with van der Waals surface area (Å²) in [5.74, 6) is 2.27. The Balaban J connectivity index is 1.53. The number of carbonyl (C=O) groups is 1. The number of imidazole rings is 1. The van der Waals surface area contributed by atoms with E-state index in [9.17, 15) is 9.35 Å². The predicted molar refractivity (Wildman–Crippen MR) is 103 cm³/mol. The van der Waals surface area contributed by atoms with Crippen molar-refractivity contribution in [3.05, 3.63) is 47.5 Å². The first-order chi connectivity index (χ1) is 12.9. The van der Waals surface area contributed by atoms with E-state index >= 15 is 0 Å². The topological polar surface area (TPSA) is 94.8 Å². The van der Waals surface area contributed by atoms with Gasteiger partial charge in [-0.2, -0.15) is 0 Å².